The number of fused-ring (bicyclic) bond motifs is 1. The van der Waals surface area contributed by atoms with E-state index in [4.69, 9.17) is 13.7 Å². The van der Waals surface area contributed by atoms with Gasteiger partial charge in [0.05, 0.1) is 18.3 Å². The zero-order valence-electron chi connectivity index (χ0n) is 12.8. The fourth-order valence-electron chi connectivity index (χ4n) is 3.53. The summed E-state index contributed by atoms with van der Waals surface area (Å²) in [5.74, 6) is -0.582. The molecule has 4 rings (SSSR count). The molecule has 2 atom stereocenters. The Morgan fingerprint density at radius 2 is 2.25 bits per heavy atom. The second kappa shape index (κ2) is 5.48. The Kier molecular flexibility index (Phi) is 3.42. The number of furan rings is 1. The predicted octanol–water partition coefficient (Wildman–Crippen LogP) is 1.50. The van der Waals surface area contributed by atoms with E-state index in [0.717, 1.165) is 0 Å². The van der Waals surface area contributed by atoms with Gasteiger partial charge in [-0.25, -0.2) is 0 Å². The minimum absolute atomic E-state index is 0.140. The van der Waals surface area contributed by atoms with Crippen LogP contribution in [0.1, 0.15) is 16.9 Å². The van der Waals surface area contributed by atoms with Crippen molar-refractivity contribution >= 4 is 11.9 Å². The van der Waals surface area contributed by atoms with E-state index >= 15 is 0 Å². The highest BCUT2D eigenvalue weighted by atomic mass is 16.5. The van der Waals surface area contributed by atoms with E-state index < -0.39 is 11.4 Å². The third-order valence-corrected chi connectivity index (χ3v) is 4.91. The smallest absolute Gasteiger partial charge is 0.311 e. The van der Waals surface area contributed by atoms with Crippen LogP contribution in [0.4, 0.5) is 0 Å². The minimum atomic E-state index is -0.929. The lowest BCUT2D eigenvalue weighted by Crippen LogP contribution is -2.45. The fraction of sp³-hybridized carbons (Fsp3) is 0.438. The van der Waals surface area contributed by atoms with Gasteiger partial charge in [0.25, 0.3) is 5.91 Å². The molecule has 1 N–H and O–H groups in total. The highest BCUT2D eigenvalue weighted by molar-refractivity contribution is 5.94. The van der Waals surface area contributed by atoms with Crippen LogP contribution in [-0.4, -0.2) is 53.3 Å². The van der Waals surface area contributed by atoms with Gasteiger partial charge in [0.2, 0.25) is 5.76 Å². The SMILES string of the molecule is O=C(c1cc(-c2ccco2)on1)N1C[C@H]2COCC[C@@]2(C(=O)O)C1. The van der Waals surface area contributed by atoms with Gasteiger partial charge in [-0.3, -0.25) is 9.59 Å². The number of nitrogens with zero attached hydrogens (tertiary/aromatic N) is 2. The van der Waals surface area contributed by atoms with Gasteiger partial charge in [0, 0.05) is 31.7 Å². The third-order valence-electron chi connectivity index (χ3n) is 4.91. The topological polar surface area (TPSA) is 106 Å². The van der Waals surface area contributed by atoms with Gasteiger partial charge in [-0.1, -0.05) is 5.16 Å². The molecular formula is C16H16N2O6. The average molecular weight is 332 g/mol. The van der Waals surface area contributed by atoms with Crippen LogP contribution in [0.25, 0.3) is 11.5 Å². The molecule has 0 saturated carbocycles. The van der Waals surface area contributed by atoms with Crippen molar-refractivity contribution < 1.29 is 28.4 Å². The summed E-state index contributed by atoms with van der Waals surface area (Å²) in [6, 6.07) is 4.92. The number of carboxylic acid groups (broad SMARTS) is 1. The molecule has 8 heteroatoms. The van der Waals surface area contributed by atoms with Crippen molar-refractivity contribution in [2.75, 3.05) is 26.3 Å². The maximum Gasteiger partial charge on any atom is 0.311 e. The van der Waals surface area contributed by atoms with Crippen LogP contribution in [0.15, 0.2) is 33.4 Å². The zero-order chi connectivity index (χ0) is 16.7. The molecule has 0 aromatic carbocycles. The van der Waals surface area contributed by atoms with Gasteiger partial charge >= 0.3 is 5.97 Å². The molecule has 2 saturated heterocycles. The van der Waals surface area contributed by atoms with Gasteiger partial charge in [0.15, 0.2) is 11.5 Å². The van der Waals surface area contributed by atoms with Crippen molar-refractivity contribution in [3.05, 3.63) is 30.2 Å². The molecule has 0 aliphatic carbocycles. The van der Waals surface area contributed by atoms with E-state index in [1.54, 1.807) is 12.1 Å². The molecule has 2 aliphatic rings. The van der Waals surface area contributed by atoms with E-state index in [1.165, 1.54) is 17.2 Å². The fourth-order valence-corrected chi connectivity index (χ4v) is 3.53. The van der Waals surface area contributed by atoms with Crippen molar-refractivity contribution in [2.45, 2.75) is 6.42 Å². The Bertz CT molecular complexity index is 767. The number of amides is 1. The van der Waals surface area contributed by atoms with Crippen LogP contribution in [-0.2, 0) is 9.53 Å². The van der Waals surface area contributed by atoms with Crippen molar-refractivity contribution in [3.8, 4) is 11.5 Å². The van der Waals surface area contributed by atoms with E-state index in [0.29, 0.717) is 37.7 Å². The summed E-state index contributed by atoms with van der Waals surface area (Å²) in [7, 11) is 0. The maximum absolute atomic E-state index is 12.7. The summed E-state index contributed by atoms with van der Waals surface area (Å²) in [5, 5.41) is 13.5. The van der Waals surface area contributed by atoms with Gasteiger partial charge in [-0.2, -0.15) is 0 Å². The van der Waals surface area contributed by atoms with Gasteiger partial charge in [-0.15, -0.1) is 0 Å². The Balaban J connectivity index is 1.56. The second-order valence-corrected chi connectivity index (χ2v) is 6.22. The predicted molar refractivity (Wildman–Crippen MR) is 79.1 cm³/mol. The molecule has 126 valence electrons. The molecule has 24 heavy (non-hydrogen) atoms. The van der Waals surface area contributed by atoms with E-state index in [-0.39, 0.29) is 24.1 Å². The number of hydrogen-bond acceptors (Lipinski definition) is 6. The lowest BCUT2D eigenvalue weighted by molar-refractivity contribution is -0.157. The summed E-state index contributed by atoms with van der Waals surface area (Å²) in [4.78, 5) is 26.0. The number of ether oxygens (including phenoxy) is 1. The third kappa shape index (κ3) is 2.22. The van der Waals surface area contributed by atoms with Crippen LogP contribution in [0.5, 0.6) is 0 Å². The van der Waals surface area contributed by atoms with Crippen LogP contribution < -0.4 is 0 Å². The highest BCUT2D eigenvalue weighted by Crippen LogP contribution is 2.42. The van der Waals surface area contributed by atoms with Gasteiger partial charge < -0.3 is 23.7 Å². The molecule has 0 spiro atoms. The van der Waals surface area contributed by atoms with E-state index in [1.807, 2.05) is 0 Å². The number of hydrogen-bond donors (Lipinski definition) is 1. The van der Waals surface area contributed by atoms with E-state index in [9.17, 15) is 14.7 Å². The molecule has 2 aromatic rings. The minimum Gasteiger partial charge on any atom is -0.481 e. The number of aromatic nitrogens is 1. The van der Waals surface area contributed by atoms with Crippen LogP contribution >= 0.6 is 0 Å². The first kappa shape index (κ1) is 14.9. The number of aliphatic carboxylic acids is 1. The lowest BCUT2D eigenvalue weighted by Gasteiger charge is -2.33. The number of carboxylic acids is 1. The second-order valence-electron chi connectivity index (χ2n) is 6.22. The number of carbonyl (C=O) groups excluding carboxylic acids is 1. The monoisotopic (exact) mass is 332 g/mol. The summed E-state index contributed by atoms with van der Waals surface area (Å²) in [6.07, 6.45) is 1.91. The molecule has 1 amide bonds. The standard InChI is InChI=1S/C16H16N2O6/c19-14(11-6-13(24-17-11)12-2-1-4-23-12)18-7-10-8-22-5-3-16(10,9-18)15(20)21/h1-2,4,6,10H,3,5,7-9H2,(H,20,21)/t10-,16+/m0/s1. The Morgan fingerprint density at radius 1 is 1.38 bits per heavy atom. The molecule has 2 aromatic heterocycles. The summed E-state index contributed by atoms with van der Waals surface area (Å²) in [5.41, 5.74) is -0.789. The van der Waals surface area contributed by atoms with Crippen molar-refractivity contribution in [3.63, 3.8) is 0 Å². The number of likely N-dealkylation sites (tertiary alicyclic amines) is 1. The number of carbonyl (C=O) groups is 2. The van der Waals surface area contributed by atoms with Crippen LogP contribution in [0.2, 0.25) is 0 Å². The lowest BCUT2D eigenvalue weighted by atomic mass is 9.74. The Labute approximate surface area is 137 Å². The molecule has 2 fully saturated rings. The summed E-state index contributed by atoms with van der Waals surface area (Å²) < 4.78 is 15.8. The molecule has 0 bridgehead atoms. The Morgan fingerprint density at radius 3 is 2.96 bits per heavy atom. The zero-order valence-corrected chi connectivity index (χ0v) is 12.8. The first-order valence-corrected chi connectivity index (χ1v) is 7.71. The quantitative estimate of drug-likeness (QED) is 0.907. The first-order chi connectivity index (χ1) is 11.6. The summed E-state index contributed by atoms with van der Waals surface area (Å²) in [6.45, 7) is 1.26. The highest BCUT2D eigenvalue weighted by Gasteiger charge is 2.55. The first-order valence-electron chi connectivity index (χ1n) is 7.71. The molecule has 0 unspecified atom stereocenters. The normalized spacial score (nSPS) is 26.3. The van der Waals surface area contributed by atoms with Crippen molar-refractivity contribution in [1.29, 1.82) is 0 Å². The molecule has 8 nitrogen and oxygen atoms in total. The summed E-state index contributed by atoms with van der Waals surface area (Å²) >= 11 is 0. The largest absolute Gasteiger partial charge is 0.481 e. The van der Waals surface area contributed by atoms with Crippen molar-refractivity contribution in [1.82, 2.24) is 10.1 Å². The van der Waals surface area contributed by atoms with Gasteiger partial charge in [0.1, 0.15) is 0 Å². The molecular weight excluding hydrogens is 316 g/mol. The Hall–Kier alpha value is -2.61. The molecule has 4 heterocycles. The van der Waals surface area contributed by atoms with Crippen molar-refractivity contribution in [2.24, 2.45) is 11.3 Å². The number of rotatable bonds is 3. The molecule has 0 radical (unpaired) electrons. The van der Waals surface area contributed by atoms with Crippen LogP contribution in [0.3, 0.4) is 0 Å². The van der Waals surface area contributed by atoms with E-state index in [2.05, 4.69) is 5.16 Å². The molecule has 2 aliphatic heterocycles. The van der Waals surface area contributed by atoms with Crippen LogP contribution in [0, 0.1) is 11.3 Å². The van der Waals surface area contributed by atoms with Gasteiger partial charge in [-0.05, 0) is 18.6 Å². The maximum atomic E-state index is 12.7. The average Bonchev–Trinajstić information content (AvgIpc) is 3.30.